The molecule has 2 aromatic carbocycles. The molecule has 25 heavy (non-hydrogen) atoms. The van der Waals surface area contributed by atoms with Gasteiger partial charge in [0.2, 0.25) is 0 Å². The van der Waals surface area contributed by atoms with Crippen LogP contribution in [0.3, 0.4) is 0 Å². The molecule has 0 atom stereocenters. The first kappa shape index (κ1) is 21.6. The van der Waals surface area contributed by atoms with Crippen molar-refractivity contribution in [1.29, 1.82) is 0 Å². The molecule has 0 fully saturated rings. The fraction of sp³-hybridized carbons (Fsp3) is 0.429. The maximum absolute atomic E-state index is 3.58. The van der Waals surface area contributed by atoms with Gasteiger partial charge in [-0.2, -0.15) is 0 Å². The van der Waals surface area contributed by atoms with Crippen LogP contribution in [0.1, 0.15) is 22.3 Å². The Kier molecular flexibility index (Phi) is 9.05. The summed E-state index contributed by atoms with van der Waals surface area (Å²) in [6.45, 7) is 12.6. The van der Waals surface area contributed by atoms with Crippen molar-refractivity contribution in [2.24, 2.45) is 0 Å². The summed E-state index contributed by atoms with van der Waals surface area (Å²) >= 11 is 0. The number of hydrogen-bond acceptors (Lipinski definition) is 3. The zero-order valence-electron chi connectivity index (χ0n) is 16.1. The van der Waals surface area contributed by atoms with Crippen molar-refractivity contribution in [3.63, 3.8) is 0 Å². The van der Waals surface area contributed by atoms with Crippen molar-refractivity contribution in [1.82, 2.24) is 4.90 Å². The van der Waals surface area contributed by atoms with Gasteiger partial charge in [0.25, 0.3) is 0 Å². The standard InChI is InChI=1S/C21H31N3.Mn/c1-16-8-6-9-17(2)20(16)22-12-14-24(5)15-13-23-21-18(3)10-7-11-19(21)4;/h6-11,22-23H,12-15H2,1-5H3;. The van der Waals surface area contributed by atoms with E-state index in [2.05, 4.69) is 86.7 Å². The van der Waals surface area contributed by atoms with Crippen molar-refractivity contribution in [3.05, 3.63) is 58.7 Å². The molecule has 0 aliphatic carbocycles. The van der Waals surface area contributed by atoms with Crippen LogP contribution in [0, 0.1) is 27.7 Å². The molecule has 0 heterocycles. The second-order valence-corrected chi connectivity index (χ2v) is 6.69. The Morgan fingerprint density at radius 1 is 0.680 bits per heavy atom. The van der Waals surface area contributed by atoms with Crippen LogP contribution in [0.25, 0.3) is 0 Å². The van der Waals surface area contributed by atoms with E-state index in [1.807, 2.05) is 0 Å². The minimum Gasteiger partial charge on any atom is -0.383 e. The van der Waals surface area contributed by atoms with Crippen LogP contribution in [0.5, 0.6) is 0 Å². The minimum absolute atomic E-state index is 0. The zero-order valence-corrected chi connectivity index (χ0v) is 17.3. The Hall–Kier alpha value is -1.48. The van der Waals surface area contributed by atoms with E-state index < -0.39 is 0 Å². The Balaban J connectivity index is 0.00000312. The maximum atomic E-state index is 3.58. The molecule has 3 nitrogen and oxygen atoms in total. The average Bonchev–Trinajstić information content (AvgIpc) is 2.53. The van der Waals surface area contributed by atoms with Gasteiger partial charge < -0.3 is 15.5 Å². The number of benzene rings is 2. The van der Waals surface area contributed by atoms with Crippen LogP contribution in [-0.4, -0.2) is 38.1 Å². The summed E-state index contributed by atoms with van der Waals surface area (Å²) in [5, 5.41) is 7.15. The molecule has 1 radical (unpaired) electrons. The summed E-state index contributed by atoms with van der Waals surface area (Å²) in [6.07, 6.45) is 0. The Morgan fingerprint density at radius 3 is 1.32 bits per heavy atom. The molecule has 0 unspecified atom stereocenters. The van der Waals surface area contributed by atoms with Crippen molar-refractivity contribution in [2.45, 2.75) is 27.7 Å². The number of aryl methyl sites for hydroxylation is 4. The molecular formula is C21H31MnN3. The van der Waals surface area contributed by atoms with E-state index in [4.69, 9.17) is 0 Å². The molecule has 0 saturated heterocycles. The van der Waals surface area contributed by atoms with E-state index >= 15 is 0 Å². The predicted molar refractivity (Wildman–Crippen MR) is 106 cm³/mol. The summed E-state index contributed by atoms with van der Waals surface area (Å²) in [5.74, 6) is 0. The smallest absolute Gasteiger partial charge is 0.0400 e. The Labute approximate surface area is 163 Å². The van der Waals surface area contributed by atoms with Gasteiger partial charge in [-0.25, -0.2) is 0 Å². The summed E-state index contributed by atoms with van der Waals surface area (Å²) in [4.78, 5) is 2.36. The number of anilines is 2. The average molecular weight is 380 g/mol. The zero-order chi connectivity index (χ0) is 17.5. The van der Waals surface area contributed by atoms with E-state index in [-0.39, 0.29) is 17.1 Å². The molecule has 0 saturated carbocycles. The quantitative estimate of drug-likeness (QED) is 0.666. The molecule has 2 N–H and O–H groups in total. The van der Waals surface area contributed by atoms with Gasteiger partial charge in [0.1, 0.15) is 0 Å². The third-order valence-electron chi connectivity index (χ3n) is 4.55. The van der Waals surface area contributed by atoms with E-state index in [0.717, 1.165) is 26.2 Å². The Morgan fingerprint density at radius 2 is 1.00 bits per heavy atom. The Bertz CT molecular complexity index is 572. The van der Waals surface area contributed by atoms with E-state index in [1.54, 1.807) is 0 Å². The molecule has 0 amide bonds. The van der Waals surface area contributed by atoms with Crippen LogP contribution < -0.4 is 10.6 Å². The van der Waals surface area contributed by atoms with Crippen molar-refractivity contribution in [2.75, 3.05) is 43.9 Å². The van der Waals surface area contributed by atoms with Crippen molar-refractivity contribution in [3.8, 4) is 0 Å². The molecule has 2 rings (SSSR count). The van der Waals surface area contributed by atoms with Gasteiger partial charge >= 0.3 is 0 Å². The fourth-order valence-electron chi connectivity index (χ4n) is 3.04. The molecule has 0 aliphatic heterocycles. The second kappa shape index (κ2) is 10.5. The third-order valence-corrected chi connectivity index (χ3v) is 4.55. The van der Waals surface area contributed by atoms with Gasteiger partial charge in [-0.3, -0.25) is 0 Å². The number of para-hydroxylation sites is 2. The molecule has 0 bridgehead atoms. The van der Waals surface area contributed by atoms with Crippen LogP contribution >= 0.6 is 0 Å². The number of likely N-dealkylation sites (N-methyl/N-ethyl adjacent to an activating group) is 1. The summed E-state index contributed by atoms with van der Waals surface area (Å²) < 4.78 is 0. The fourth-order valence-corrected chi connectivity index (χ4v) is 3.04. The summed E-state index contributed by atoms with van der Waals surface area (Å²) in [6, 6.07) is 12.9. The van der Waals surface area contributed by atoms with Crippen molar-refractivity contribution < 1.29 is 17.1 Å². The number of rotatable bonds is 8. The molecule has 4 heteroatoms. The summed E-state index contributed by atoms with van der Waals surface area (Å²) in [7, 11) is 2.18. The maximum Gasteiger partial charge on any atom is 0.0400 e. The molecule has 2 aromatic rings. The van der Waals surface area contributed by atoms with E-state index in [0.29, 0.717) is 0 Å². The van der Waals surface area contributed by atoms with Gasteiger partial charge in [-0.1, -0.05) is 36.4 Å². The van der Waals surface area contributed by atoms with Gasteiger partial charge in [0.05, 0.1) is 0 Å². The molecular weight excluding hydrogens is 349 g/mol. The SMILES string of the molecule is Cc1cccc(C)c1NCCN(C)CCNc1c(C)cccc1C.[Mn]. The normalized spacial score (nSPS) is 10.5. The molecule has 0 aromatic heterocycles. The number of hydrogen-bond donors (Lipinski definition) is 2. The van der Waals surface area contributed by atoms with E-state index in [9.17, 15) is 0 Å². The molecule has 137 valence electrons. The van der Waals surface area contributed by atoms with Crippen molar-refractivity contribution >= 4 is 11.4 Å². The molecule has 0 spiro atoms. The molecule has 0 aliphatic rings. The van der Waals surface area contributed by atoms with Gasteiger partial charge in [0.15, 0.2) is 0 Å². The van der Waals surface area contributed by atoms with Gasteiger partial charge in [-0.15, -0.1) is 0 Å². The number of nitrogens with one attached hydrogen (secondary N) is 2. The van der Waals surface area contributed by atoms with Gasteiger partial charge in [-0.05, 0) is 57.0 Å². The second-order valence-electron chi connectivity index (χ2n) is 6.69. The monoisotopic (exact) mass is 380 g/mol. The van der Waals surface area contributed by atoms with Crippen LogP contribution in [0.4, 0.5) is 11.4 Å². The van der Waals surface area contributed by atoms with Crippen LogP contribution in [0.2, 0.25) is 0 Å². The van der Waals surface area contributed by atoms with Crippen LogP contribution in [-0.2, 0) is 17.1 Å². The van der Waals surface area contributed by atoms with Gasteiger partial charge in [0, 0.05) is 54.6 Å². The first-order valence-electron chi connectivity index (χ1n) is 8.77. The first-order valence-corrected chi connectivity index (χ1v) is 8.77. The first-order chi connectivity index (χ1) is 11.5. The topological polar surface area (TPSA) is 27.3 Å². The van der Waals surface area contributed by atoms with E-state index in [1.165, 1.54) is 33.6 Å². The third kappa shape index (κ3) is 6.39. The minimum atomic E-state index is 0. The predicted octanol–water partition coefficient (Wildman–Crippen LogP) is 4.37. The summed E-state index contributed by atoms with van der Waals surface area (Å²) in [5.41, 5.74) is 7.81. The van der Waals surface area contributed by atoms with Crippen LogP contribution in [0.15, 0.2) is 36.4 Å². The largest absolute Gasteiger partial charge is 0.383 e. The number of nitrogens with zero attached hydrogens (tertiary/aromatic N) is 1.